The summed E-state index contributed by atoms with van der Waals surface area (Å²) < 4.78 is 29.2. The van der Waals surface area contributed by atoms with Crippen molar-refractivity contribution >= 4 is 16.0 Å². The lowest BCUT2D eigenvalue weighted by Gasteiger charge is -2.50. The summed E-state index contributed by atoms with van der Waals surface area (Å²) in [6.07, 6.45) is 2.74. The molecule has 0 heterocycles. The molecule has 2 aromatic carbocycles. The molecule has 176 valence electrons. The van der Waals surface area contributed by atoms with E-state index in [0.717, 1.165) is 25.7 Å². The smallest absolute Gasteiger partial charge is 0.338 e. The molecule has 0 aromatic heterocycles. The average Bonchev–Trinajstić information content (AvgIpc) is 3.03. The highest BCUT2D eigenvalue weighted by Gasteiger charge is 2.59. The molecule has 8 heteroatoms. The van der Waals surface area contributed by atoms with Crippen molar-refractivity contribution in [3.05, 3.63) is 59.2 Å². The minimum Gasteiger partial charge on any atom is -0.508 e. The van der Waals surface area contributed by atoms with E-state index in [-0.39, 0.29) is 21.8 Å². The quantitative estimate of drug-likeness (QED) is 0.591. The molecule has 0 aliphatic heterocycles. The summed E-state index contributed by atoms with van der Waals surface area (Å²) in [4.78, 5) is 12.8. The molecule has 2 fully saturated rings. The lowest BCUT2D eigenvalue weighted by Crippen LogP contribution is -2.46. The van der Waals surface area contributed by atoms with Crippen molar-refractivity contribution in [2.75, 3.05) is 0 Å². The first kappa shape index (κ1) is 22.4. The highest BCUT2D eigenvalue weighted by atomic mass is 32.2. The first-order chi connectivity index (χ1) is 15.6. The fourth-order valence-corrected chi connectivity index (χ4v) is 7.29. The number of aliphatic hydroxyl groups is 1. The second-order valence-electron chi connectivity index (χ2n) is 10.0. The van der Waals surface area contributed by atoms with Gasteiger partial charge in [-0.2, -0.15) is 0 Å². The standard InChI is InChI=1S/C25H29NO6S/c1-25-10-9-19-18-8-6-16(27)11-14(18)5-7-20(19)21(25)13-22(28)23(25)32-24(29)15-3-2-4-17(12-15)33(26,30)31/h2-4,6,8,11-12,19-23,27-28H,5,7,9-10,13H2,1H3,(H2,26,30,31)/t19?,20?,21?,22-,23+,25+/m1/s1. The zero-order valence-electron chi connectivity index (χ0n) is 18.5. The molecule has 33 heavy (non-hydrogen) atoms. The van der Waals surface area contributed by atoms with Crippen molar-refractivity contribution < 1.29 is 28.2 Å². The summed E-state index contributed by atoms with van der Waals surface area (Å²) in [6.45, 7) is 2.11. The average molecular weight is 472 g/mol. The summed E-state index contributed by atoms with van der Waals surface area (Å²) in [5.41, 5.74) is 2.24. The van der Waals surface area contributed by atoms with Gasteiger partial charge in [-0.3, -0.25) is 0 Å². The maximum atomic E-state index is 12.9. The highest BCUT2D eigenvalue weighted by Crippen LogP contribution is 2.61. The third kappa shape index (κ3) is 3.74. The summed E-state index contributed by atoms with van der Waals surface area (Å²) in [5.74, 6) is 0.604. The van der Waals surface area contributed by atoms with Crippen LogP contribution in [0.5, 0.6) is 5.75 Å². The molecule has 3 aliphatic carbocycles. The molecular formula is C25H29NO6S. The highest BCUT2D eigenvalue weighted by molar-refractivity contribution is 7.89. The maximum Gasteiger partial charge on any atom is 0.338 e. The van der Waals surface area contributed by atoms with Gasteiger partial charge in [-0.1, -0.05) is 19.1 Å². The number of benzene rings is 2. The number of hydrogen-bond acceptors (Lipinski definition) is 6. The zero-order chi connectivity index (χ0) is 23.5. The number of sulfonamides is 1. The predicted molar refractivity (Wildman–Crippen MR) is 121 cm³/mol. The summed E-state index contributed by atoms with van der Waals surface area (Å²) >= 11 is 0. The van der Waals surface area contributed by atoms with E-state index in [9.17, 15) is 23.4 Å². The van der Waals surface area contributed by atoms with Crippen LogP contribution in [0.25, 0.3) is 0 Å². The van der Waals surface area contributed by atoms with E-state index in [1.807, 2.05) is 12.1 Å². The van der Waals surface area contributed by atoms with Crippen LogP contribution in [0.2, 0.25) is 0 Å². The van der Waals surface area contributed by atoms with Gasteiger partial charge < -0.3 is 14.9 Å². The number of phenols is 1. The molecule has 0 bridgehead atoms. The molecule has 2 saturated carbocycles. The number of carbonyl (C=O) groups is 1. The van der Waals surface area contributed by atoms with Crippen LogP contribution in [0, 0.1) is 17.3 Å². The molecule has 0 amide bonds. The summed E-state index contributed by atoms with van der Waals surface area (Å²) in [5, 5.41) is 26.0. The number of phenolic OH excluding ortho intramolecular Hbond substituents is 1. The maximum absolute atomic E-state index is 12.9. The van der Waals surface area contributed by atoms with Crippen LogP contribution in [-0.4, -0.2) is 36.8 Å². The Morgan fingerprint density at radius 3 is 2.73 bits per heavy atom. The number of carbonyl (C=O) groups excluding carboxylic acids is 1. The summed E-state index contributed by atoms with van der Waals surface area (Å²) in [6, 6.07) is 11.1. The first-order valence-corrected chi connectivity index (χ1v) is 13.0. The summed E-state index contributed by atoms with van der Waals surface area (Å²) in [7, 11) is -3.94. The second kappa shape index (κ2) is 7.82. The Bertz CT molecular complexity index is 1210. The Kier molecular flexibility index (Phi) is 5.30. The predicted octanol–water partition coefficient (Wildman–Crippen LogP) is 3.09. The SMILES string of the molecule is C[C@]12CCC3c4ccc(O)cc4CCC3C1C[C@@H](O)[C@@H]2OC(=O)c1cccc(S(N)(=O)=O)c1. The number of ether oxygens (including phenoxy) is 1. The Balaban J connectivity index is 1.39. The number of rotatable bonds is 3. The number of nitrogens with two attached hydrogens (primary N) is 1. The van der Waals surface area contributed by atoms with E-state index in [2.05, 4.69) is 6.92 Å². The second-order valence-corrected chi connectivity index (χ2v) is 11.6. The van der Waals surface area contributed by atoms with Crippen molar-refractivity contribution in [1.82, 2.24) is 0 Å². The number of aryl methyl sites for hydroxylation is 1. The van der Waals surface area contributed by atoms with Crippen molar-refractivity contribution in [2.45, 2.75) is 62.0 Å². The normalized spacial score (nSPS) is 33.0. The number of hydrogen-bond donors (Lipinski definition) is 3. The van der Waals surface area contributed by atoms with Gasteiger partial charge in [0.25, 0.3) is 0 Å². The lowest BCUT2D eigenvalue weighted by molar-refractivity contribution is -0.0676. The van der Waals surface area contributed by atoms with Crippen LogP contribution in [0.15, 0.2) is 47.4 Å². The largest absolute Gasteiger partial charge is 0.508 e. The van der Waals surface area contributed by atoms with Crippen LogP contribution in [0.4, 0.5) is 0 Å². The Morgan fingerprint density at radius 1 is 1.18 bits per heavy atom. The van der Waals surface area contributed by atoms with Gasteiger partial charge >= 0.3 is 5.97 Å². The van der Waals surface area contributed by atoms with Gasteiger partial charge in [0.2, 0.25) is 10.0 Å². The Morgan fingerprint density at radius 2 is 1.97 bits per heavy atom. The molecule has 0 saturated heterocycles. The van der Waals surface area contributed by atoms with Gasteiger partial charge in [0.1, 0.15) is 11.9 Å². The van der Waals surface area contributed by atoms with Crippen LogP contribution in [0.1, 0.15) is 60.0 Å². The van der Waals surface area contributed by atoms with Crippen LogP contribution in [-0.2, 0) is 21.2 Å². The number of aliphatic hydroxyl groups excluding tert-OH is 1. The van der Waals surface area contributed by atoms with Crippen molar-refractivity contribution in [3.63, 3.8) is 0 Å². The fourth-order valence-electron chi connectivity index (χ4n) is 6.73. The van der Waals surface area contributed by atoms with E-state index in [1.165, 1.54) is 35.4 Å². The monoisotopic (exact) mass is 471 g/mol. The van der Waals surface area contributed by atoms with E-state index in [1.54, 1.807) is 6.07 Å². The third-order valence-electron chi connectivity index (χ3n) is 8.27. The fraction of sp³-hybridized carbons (Fsp3) is 0.480. The molecule has 7 nitrogen and oxygen atoms in total. The van der Waals surface area contributed by atoms with E-state index in [4.69, 9.17) is 9.88 Å². The molecule has 5 rings (SSSR count). The Labute approximate surface area is 193 Å². The van der Waals surface area contributed by atoms with Crippen LogP contribution < -0.4 is 5.14 Å². The lowest BCUT2D eigenvalue weighted by atomic mass is 9.55. The van der Waals surface area contributed by atoms with Crippen molar-refractivity contribution in [3.8, 4) is 5.75 Å². The molecule has 4 N–H and O–H groups in total. The van der Waals surface area contributed by atoms with Gasteiger partial charge in [-0.05, 0) is 91.3 Å². The van der Waals surface area contributed by atoms with Crippen LogP contribution >= 0.6 is 0 Å². The van der Waals surface area contributed by atoms with Crippen LogP contribution in [0.3, 0.4) is 0 Å². The van der Waals surface area contributed by atoms with Gasteiger partial charge in [0.05, 0.1) is 16.6 Å². The van der Waals surface area contributed by atoms with E-state index in [0.29, 0.717) is 24.0 Å². The minimum absolute atomic E-state index is 0.0980. The number of primary sulfonamides is 1. The molecular weight excluding hydrogens is 442 g/mol. The molecule has 0 spiro atoms. The van der Waals surface area contributed by atoms with E-state index < -0.39 is 28.2 Å². The molecule has 0 radical (unpaired) electrons. The third-order valence-corrected chi connectivity index (χ3v) is 9.19. The Hall–Kier alpha value is -2.42. The van der Waals surface area contributed by atoms with Crippen molar-refractivity contribution in [1.29, 1.82) is 0 Å². The van der Waals surface area contributed by atoms with Gasteiger partial charge in [0.15, 0.2) is 0 Å². The number of esters is 1. The molecule has 3 aliphatic rings. The van der Waals surface area contributed by atoms with E-state index >= 15 is 0 Å². The number of fused-ring (bicyclic) bond motifs is 5. The van der Waals surface area contributed by atoms with Gasteiger partial charge in [0, 0.05) is 5.41 Å². The van der Waals surface area contributed by atoms with Gasteiger partial charge in [-0.25, -0.2) is 18.4 Å². The zero-order valence-corrected chi connectivity index (χ0v) is 19.3. The molecule has 2 aromatic rings. The number of aromatic hydroxyl groups is 1. The molecule has 3 unspecified atom stereocenters. The van der Waals surface area contributed by atoms with Gasteiger partial charge in [-0.15, -0.1) is 0 Å². The topological polar surface area (TPSA) is 127 Å². The minimum atomic E-state index is -3.94. The van der Waals surface area contributed by atoms with Crippen molar-refractivity contribution in [2.24, 2.45) is 22.4 Å². The molecule has 6 atom stereocenters. The first-order valence-electron chi connectivity index (χ1n) is 11.4.